The SMILES string of the molecule is CCc1ccc2c(c1)C1(CC)C=CC(=O)CC1O2. The highest BCUT2D eigenvalue weighted by Crippen LogP contribution is 2.49. The van der Waals surface area contributed by atoms with E-state index >= 15 is 0 Å². The van der Waals surface area contributed by atoms with Crippen molar-refractivity contribution in [1.82, 2.24) is 0 Å². The summed E-state index contributed by atoms with van der Waals surface area (Å²) in [5.74, 6) is 1.13. The summed E-state index contributed by atoms with van der Waals surface area (Å²) in [5.41, 5.74) is 2.50. The maximum Gasteiger partial charge on any atom is 0.159 e. The quantitative estimate of drug-likeness (QED) is 0.796. The zero-order chi connectivity index (χ0) is 12.8. The number of ketones is 1. The Bertz CT molecular complexity index is 530. The Balaban J connectivity index is 2.15. The summed E-state index contributed by atoms with van der Waals surface area (Å²) in [4.78, 5) is 11.6. The zero-order valence-electron chi connectivity index (χ0n) is 10.9. The van der Waals surface area contributed by atoms with Crippen LogP contribution in [0.25, 0.3) is 0 Å². The van der Waals surface area contributed by atoms with E-state index in [0.29, 0.717) is 6.42 Å². The highest BCUT2D eigenvalue weighted by Gasteiger charge is 2.48. The van der Waals surface area contributed by atoms with Gasteiger partial charge in [-0.15, -0.1) is 0 Å². The van der Waals surface area contributed by atoms with Crippen molar-refractivity contribution in [3.63, 3.8) is 0 Å². The molecular formula is C16H18O2. The lowest BCUT2D eigenvalue weighted by Gasteiger charge is -2.32. The molecule has 3 rings (SSSR count). The normalized spacial score (nSPS) is 28.8. The van der Waals surface area contributed by atoms with E-state index in [9.17, 15) is 4.79 Å². The Morgan fingerprint density at radius 2 is 2.22 bits per heavy atom. The van der Waals surface area contributed by atoms with E-state index in [0.717, 1.165) is 18.6 Å². The molecule has 0 amide bonds. The Morgan fingerprint density at radius 1 is 1.39 bits per heavy atom. The van der Waals surface area contributed by atoms with Crippen molar-refractivity contribution >= 4 is 5.78 Å². The minimum atomic E-state index is -0.0889. The van der Waals surface area contributed by atoms with Gasteiger partial charge in [-0.1, -0.05) is 32.1 Å². The third-order valence-electron chi connectivity index (χ3n) is 4.34. The summed E-state index contributed by atoms with van der Waals surface area (Å²) < 4.78 is 6.00. The largest absolute Gasteiger partial charge is 0.488 e. The molecule has 0 saturated heterocycles. The smallest absolute Gasteiger partial charge is 0.159 e. The lowest BCUT2D eigenvalue weighted by molar-refractivity contribution is -0.117. The van der Waals surface area contributed by atoms with Crippen LogP contribution in [0.2, 0.25) is 0 Å². The van der Waals surface area contributed by atoms with E-state index in [-0.39, 0.29) is 17.3 Å². The molecule has 2 aliphatic rings. The summed E-state index contributed by atoms with van der Waals surface area (Å²) in [6, 6.07) is 6.42. The minimum absolute atomic E-state index is 0.0119. The molecule has 1 aliphatic heterocycles. The fraction of sp³-hybridized carbons (Fsp3) is 0.438. The first-order chi connectivity index (χ1) is 8.69. The van der Waals surface area contributed by atoms with Gasteiger partial charge >= 0.3 is 0 Å². The number of benzene rings is 1. The predicted octanol–water partition coefficient (Wildman–Crippen LogP) is 3.19. The van der Waals surface area contributed by atoms with Crippen LogP contribution < -0.4 is 4.74 Å². The summed E-state index contributed by atoms with van der Waals surface area (Å²) in [5, 5.41) is 0. The number of hydrogen-bond donors (Lipinski definition) is 0. The van der Waals surface area contributed by atoms with Crippen LogP contribution in [0, 0.1) is 0 Å². The first-order valence-electron chi connectivity index (χ1n) is 6.71. The molecule has 2 nitrogen and oxygen atoms in total. The third-order valence-corrected chi connectivity index (χ3v) is 4.34. The number of hydrogen-bond acceptors (Lipinski definition) is 2. The second kappa shape index (κ2) is 3.98. The monoisotopic (exact) mass is 242 g/mol. The molecule has 2 heteroatoms. The van der Waals surface area contributed by atoms with E-state index in [1.54, 1.807) is 6.08 Å². The third kappa shape index (κ3) is 1.45. The topological polar surface area (TPSA) is 26.3 Å². The van der Waals surface area contributed by atoms with Crippen LogP contribution in [0.4, 0.5) is 0 Å². The van der Waals surface area contributed by atoms with Crippen LogP contribution in [-0.2, 0) is 16.6 Å². The number of rotatable bonds is 2. The summed E-state index contributed by atoms with van der Waals surface area (Å²) in [6.07, 6.45) is 6.29. The van der Waals surface area contributed by atoms with E-state index < -0.39 is 0 Å². The lowest BCUT2D eigenvalue weighted by atomic mass is 9.70. The first-order valence-corrected chi connectivity index (χ1v) is 6.71. The molecule has 0 fully saturated rings. The van der Waals surface area contributed by atoms with Gasteiger partial charge in [0.05, 0.1) is 5.41 Å². The molecule has 2 atom stereocenters. The molecule has 0 radical (unpaired) electrons. The second-order valence-electron chi connectivity index (χ2n) is 5.19. The Morgan fingerprint density at radius 3 is 2.94 bits per heavy atom. The van der Waals surface area contributed by atoms with Crippen molar-refractivity contribution < 1.29 is 9.53 Å². The van der Waals surface area contributed by atoms with Crippen LogP contribution in [0.15, 0.2) is 30.4 Å². The average molecular weight is 242 g/mol. The van der Waals surface area contributed by atoms with Gasteiger partial charge in [-0.25, -0.2) is 0 Å². The van der Waals surface area contributed by atoms with Crippen LogP contribution in [-0.4, -0.2) is 11.9 Å². The number of ether oxygens (including phenoxy) is 1. The van der Waals surface area contributed by atoms with Crippen LogP contribution >= 0.6 is 0 Å². The molecule has 1 aromatic rings. The first kappa shape index (κ1) is 11.5. The van der Waals surface area contributed by atoms with Crippen LogP contribution in [0.3, 0.4) is 0 Å². The van der Waals surface area contributed by atoms with Gasteiger partial charge in [-0.2, -0.15) is 0 Å². The molecule has 1 heterocycles. The van der Waals surface area contributed by atoms with Crippen molar-refractivity contribution in [3.05, 3.63) is 41.5 Å². The number of aryl methyl sites for hydroxylation is 1. The molecular weight excluding hydrogens is 224 g/mol. The predicted molar refractivity (Wildman–Crippen MR) is 71.0 cm³/mol. The maximum absolute atomic E-state index is 11.6. The van der Waals surface area contributed by atoms with Crippen molar-refractivity contribution in [1.29, 1.82) is 0 Å². The molecule has 0 spiro atoms. The Kier molecular flexibility index (Phi) is 2.54. The molecule has 94 valence electrons. The Hall–Kier alpha value is -1.57. The van der Waals surface area contributed by atoms with Gasteiger partial charge in [0.2, 0.25) is 0 Å². The van der Waals surface area contributed by atoms with E-state index in [2.05, 4.69) is 38.1 Å². The van der Waals surface area contributed by atoms with Gasteiger partial charge in [0.25, 0.3) is 0 Å². The van der Waals surface area contributed by atoms with Crippen LogP contribution in [0.1, 0.15) is 37.8 Å². The molecule has 0 N–H and O–H groups in total. The highest BCUT2D eigenvalue weighted by molar-refractivity contribution is 5.92. The van der Waals surface area contributed by atoms with Gasteiger partial charge in [-0.05, 0) is 30.5 Å². The van der Waals surface area contributed by atoms with Crippen molar-refractivity contribution in [2.45, 2.75) is 44.6 Å². The van der Waals surface area contributed by atoms with E-state index in [1.807, 2.05) is 0 Å². The molecule has 0 saturated carbocycles. The molecule has 0 aromatic heterocycles. The summed E-state index contributed by atoms with van der Waals surface area (Å²) in [6.45, 7) is 4.33. The van der Waals surface area contributed by atoms with Crippen molar-refractivity contribution in [2.75, 3.05) is 0 Å². The van der Waals surface area contributed by atoms with Gasteiger partial charge in [0.15, 0.2) is 5.78 Å². The summed E-state index contributed by atoms with van der Waals surface area (Å²) in [7, 11) is 0. The molecule has 1 aromatic carbocycles. The fourth-order valence-electron chi connectivity index (χ4n) is 3.14. The highest BCUT2D eigenvalue weighted by atomic mass is 16.5. The Labute approximate surface area is 108 Å². The summed E-state index contributed by atoms with van der Waals surface area (Å²) >= 11 is 0. The number of fused-ring (bicyclic) bond motifs is 3. The molecule has 2 unspecified atom stereocenters. The van der Waals surface area contributed by atoms with Crippen LogP contribution in [0.5, 0.6) is 5.75 Å². The second-order valence-corrected chi connectivity index (χ2v) is 5.19. The van der Waals surface area contributed by atoms with E-state index in [4.69, 9.17) is 4.74 Å². The molecule has 1 aliphatic carbocycles. The standard InChI is InChI=1S/C16H18O2/c1-3-11-5-6-14-13(9-11)16(4-2)8-7-12(17)10-15(16)18-14/h5-9,15H,3-4,10H2,1-2H3. The minimum Gasteiger partial charge on any atom is -0.488 e. The number of carbonyl (C=O) groups excluding carboxylic acids is 1. The van der Waals surface area contributed by atoms with Crippen molar-refractivity contribution in [2.24, 2.45) is 0 Å². The number of allylic oxidation sites excluding steroid dienone is 1. The molecule has 0 bridgehead atoms. The van der Waals surface area contributed by atoms with Gasteiger partial charge in [-0.3, -0.25) is 4.79 Å². The van der Waals surface area contributed by atoms with Crippen molar-refractivity contribution in [3.8, 4) is 5.75 Å². The molecule has 18 heavy (non-hydrogen) atoms. The van der Waals surface area contributed by atoms with Gasteiger partial charge in [0.1, 0.15) is 11.9 Å². The van der Waals surface area contributed by atoms with Gasteiger partial charge < -0.3 is 4.74 Å². The van der Waals surface area contributed by atoms with E-state index in [1.165, 1.54) is 11.1 Å². The number of carbonyl (C=O) groups is 1. The fourth-order valence-corrected chi connectivity index (χ4v) is 3.14. The maximum atomic E-state index is 11.6. The lowest BCUT2D eigenvalue weighted by Crippen LogP contribution is -2.40. The zero-order valence-corrected chi connectivity index (χ0v) is 10.9. The average Bonchev–Trinajstić information content (AvgIpc) is 2.71. The van der Waals surface area contributed by atoms with Gasteiger partial charge in [0, 0.05) is 12.0 Å².